The van der Waals surface area contributed by atoms with E-state index in [2.05, 4.69) is 13.8 Å². The molecule has 4 heterocycles. The van der Waals surface area contributed by atoms with Crippen LogP contribution in [0.4, 0.5) is 0 Å². The highest BCUT2D eigenvalue weighted by molar-refractivity contribution is 5.93. The maximum Gasteiger partial charge on any atom is 0.230 e. The number of rotatable bonds is 7. The lowest BCUT2D eigenvalue weighted by Crippen LogP contribution is -2.44. The van der Waals surface area contributed by atoms with Crippen LogP contribution >= 0.6 is 0 Å². The van der Waals surface area contributed by atoms with Crippen LogP contribution < -0.4 is 0 Å². The second kappa shape index (κ2) is 6.82. The Bertz CT molecular complexity index is 739. The van der Waals surface area contributed by atoms with Gasteiger partial charge in [-0.25, -0.2) is 0 Å². The molecule has 0 aromatic carbocycles. The van der Waals surface area contributed by atoms with Crippen LogP contribution in [0.5, 0.6) is 0 Å². The molecule has 1 spiro atoms. The molecule has 2 fully saturated rings. The molecule has 0 radical (unpaired) electrons. The molecule has 0 aliphatic carbocycles. The third-order valence-corrected chi connectivity index (χ3v) is 6.47. The van der Waals surface area contributed by atoms with Gasteiger partial charge >= 0.3 is 0 Å². The summed E-state index contributed by atoms with van der Waals surface area (Å²) in [6.45, 7) is 6.10. The van der Waals surface area contributed by atoms with Crippen LogP contribution in [-0.4, -0.2) is 53.5 Å². The third-order valence-electron chi connectivity index (χ3n) is 6.47. The van der Waals surface area contributed by atoms with Gasteiger partial charge in [0.25, 0.3) is 0 Å². The number of hydrogen-bond acceptors (Lipinski definition) is 4. The molecule has 1 aromatic rings. The van der Waals surface area contributed by atoms with Crippen molar-refractivity contribution in [3.8, 4) is 0 Å². The second-order valence-corrected chi connectivity index (χ2v) is 8.13. The normalized spacial score (nSPS) is 31.2. The van der Waals surface area contributed by atoms with Crippen LogP contribution in [0.15, 0.2) is 35.2 Å². The quantitative estimate of drug-likeness (QED) is 0.690. The van der Waals surface area contributed by atoms with E-state index in [0.29, 0.717) is 19.0 Å². The Morgan fingerprint density at radius 3 is 2.85 bits per heavy atom. The number of hydrogen-bond donors (Lipinski definition) is 0. The molecule has 2 bridgehead atoms. The van der Waals surface area contributed by atoms with Crippen molar-refractivity contribution in [2.45, 2.75) is 44.9 Å². The van der Waals surface area contributed by atoms with Crippen LogP contribution in [0, 0.1) is 17.8 Å². The molecule has 4 atom stereocenters. The zero-order valence-electron chi connectivity index (χ0n) is 16.3. The predicted molar refractivity (Wildman–Crippen MR) is 99.6 cm³/mol. The minimum Gasteiger partial charge on any atom is -0.472 e. The summed E-state index contributed by atoms with van der Waals surface area (Å²) in [6.07, 6.45) is 9.03. The molecule has 2 unspecified atom stereocenters. The monoisotopic (exact) mass is 372 g/mol. The van der Waals surface area contributed by atoms with E-state index >= 15 is 0 Å². The Balaban J connectivity index is 1.53. The van der Waals surface area contributed by atoms with E-state index < -0.39 is 17.4 Å². The summed E-state index contributed by atoms with van der Waals surface area (Å²) in [6, 6.07) is 1.85. The highest BCUT2D eigenvalue weighted by atomic mass is 16.5. The summed E-state index contributed by atoms with van der Waals surface area (Å²) in [5.74, 6) is -0.311. The standard InChI is InChI=1S/C21H28N2O4/c1-4-14(5-2)11-23-13-21-8-6-16(27-21)17(18(21)20(23)25)19(24)22(3)10-15-7-9-26-12-15/h6-9,12,14,16-18H,4-5,10-11,13H2,1-3H3/t16-,17?,18?,21-/m1/s1. The number of nitrogens with zero attached hydrogens (tertiary/aromatic N) is 2. The van der Waals surface area contributed by atoms with E-state index in [-0.39, 0.29) is 17.9 Å². The topological polar surface area (TPSA) is 63.0 Å². The fraction of sp³-hybridized carbons (Fsp3) is 0.619. The lowest BCUT2D eigenvalue weighted by atomic mass is 9.76. The summed E-state index contributed by atoms with van der Waals surface area (Å²) >= 11 is 0. The lowest BCUT2D eigenvalue weighted by Gasteiger charge is -2.28. The highest BCUT2D eigenvalue weighted by Gasteiger charge is 2.67. The molecule has 27 heavy (non-hydrogen) atoms. The minimum atomic E-state index is -0.620. The number of amides is 2. The Labute approximate surface area is 160 Å². The van der Waals surface area contributed by atoms with Crippen molar-refractivity contribution in [1.82, 2.24) is 9.80 Å². The average molecular weight is 372 g/mol. The van der Waals surface area contributed by atoms with Crippen LogP contribution in [0.2, 0.25) is 0 Å². The first kappa shape index (κ1) is 18.3. The van der Waals surface area contributed by atoms with Gasteiger partial charge in [-0.2, -0.15) is 0 Å². The van der Waals surface area contributed by atoms with Crippen molar-refractivity contribution in [1.29, 1.82) is 0 Å². The van der Waals surface area contributed by atoms with Gasteiger partial charge in [0.05, 0.1) is 37.0 Å². The predicted octanol–water partition coefficient (Wildman–Crippen LogP) is 2.46. The van der Waals surface area contributed by atoms with Crippen molar-refractivity contribution in [3.63, 3.8) is 0 Å². The molecular weight excluding hydrogens is 344 g/mol. The average Bonchev–Trinajstić information content (AvgIpc) is 3.42. The van der Waals surface area contributed by atoms with Crippen LogP contribution in [0.1, 0.15) is 32.3 Å². The first-order valence-electron chi connectivity index (χ1n) is 9.91. The smallest absolute Gasteiger partial charge is 0.230 e. The molecular formula is C21H28N2O4. The number of carbonyl (C=O) groups is 2. The number of fused-ring (bicyclic) bond motifs is 1. The highest BCUT2D eigenvalue weighted by Crippen LogP contribution is 2.52. The Kier molecular flexibility index (Phi) is 4.62. The van der Waals surface area contributed by atoms with Crippen LogP contribution in [0.25, 0.3) is 0 Å². The van der Waals surface area contributed by atoms with Crippen molar-refractivity contribution in [2.24, 2.45) is 17.8 Å². The Morgan fingerprint density at radius 1 is 1.41 bits per heavy atom. The first-order valence-corrected chi connectivity index (χ1v) is 9.91. The van der Waals surface area contributed by atoms with Gasteiger partial charge in [-0.1, -0.05) is 38.8 Å². The first-order chi connectivity index (χ1) is 13.0. The maximum atomic E-state index is 13.2. The summed E-state index contributed by atoms with van der Waals surface area (Å²) in [5, 5.41) is 0. The Hall–Kier alpha value is -2.08. The van der Waals surface area contributed by atoms with Gasteiger partial charge in [0, 0.05) is 25.7 Å². The number of ether oxygens (including phenoxy) is 1. The Morgan fingerprint density at radius 2 is 2.19 bits per heavy atom. The molecule has 1 aromatic heterocycles. The van der Waals surface area contributed by atoms with Crippen LogP contribution in [-0.2, 0) is 20.9 Å². The van der Waals surface area contributed by atoms with Crippen molar-refractivity contribution in [3.05, 3.63) is 36.3 Å². The molecule has 4 rings (SSSR count). The van der Waals surface area contributed by atoms with E-state index in [0.717, 1.165) is 24.9 Å². The number of carbonyl (C=O) groups excluding carboxylic acids is 2. The van der Waals surface area contributed by atoms with Crippen molar-refractivity contribution >= 4 is 11.8 Å². The van der Waals surface area contributed by atoms with Gasteiger partial charge in [0.15, 0.2) is 0 Å². The molecule has 0 N–H and O–H groups in total. The summed E-state index contributed by atoms with van der Waals surface area (Å²) in [4.78, 5) is 30.0. The zero-order valence-corrected chi connectivity index (χ0v) is 16.3. The largest absolute Gasteiger partial charge is 0.472 e. The molecule has 3 aliphatic rings. The molecule has 2 saturated heterocycles. The van der Waals surface area contributed by atoms with Gasteiger partial charge in [0.2, 0.25) is 11.8 Å². The van der Waals surface area contributed by atoms with Gasteiger partial charge in [-0.05, 0) is 12.0 Å². The van der Waals surface area contributed by atoms with Gasteiger partial charge < -0.3 is 19.0 Å². The van der Waals surface area contributed by atoms with Crippen LogP contribution in [0.3, 0.4) is 0 Å². The van der Waals surface area contributed by atoms with Crippen molar-refractivity contribution in [2.75, 3.05) is 20.1 Å². The maximum absolute atomic E-state index is 13.2. The third kappa shape index (κ3) is 2.90. The molecule has 0 saturated carbocycles. The lowest BCUT2D eigenvalue weighted by molar-refractivity contribution is -0.142. The molecule has 6 nitrogen and oxygen atoms in total. The van der Waals surface area contributed by atoms with E-state index in [9.17, 15) is 9.59 Å². The second-order valence-electron chi connectivity index (χ2n) is 8.13. The van der Waals surface area contributed by atoms with E-state index in [1.54, 1.807) is 24.5 Å². The minimum absolute atomic E-state index is 0.0323. The van der Waals surface area contributed by atoms with Gasteiger partial charge in [-0.15, -0.1) is 0 Å². The van der Waals surface area contributed by atoms with Gasteiger partial charge in [-0.3, -0.25) is 9.59 Å². The zero-order chi connectivity index (χ0) is 19.2. The molecule has 146 valence electrons. The molecule has 2 amide bonds. The van der Waals surface area contributed by atoms with Crippen molar-refractivity contribution < 1.29 is 18.7 Å². The molecule has 6 heteroatoms. The van der Waals surface area contributed by atoms with Gasteiger partial charge in [0.1, 0.15) is 5.60 Å². The van der Waals surface area contributed by atoms with E-state index in [4.69, 9.17) is 9.15 Å². The van der Waals surface area contributed by atoms with E-state index in [1.165, 1.54) is 0 Å². The summed E-state index contributed by atoms with van der Waals surface area (Å²) in [7, 11) is 1.78. The number of likely N-dealkylation sites (tertiary alicyclic amines) is 1. The van der Waals surface area contributed by atoms with E-state index in [1.807, 2.05) is 23.1 Å². The summed E-state index contributed by atoms with van der Waals surface area (Å²) in [5.41, 5.74) is 0.318. The fourth-order valence-electron chi connectivity index (χ4n) is 4.86. The number of furan rings is 1. The SMILES string of the molecule is CCC(CC)CN1C[C@@]23C=C[C@@H](O2)C(C(=O)N(C)Cc2ccoc2)C3C1=O. The molecule has 3 aliphatic heterocycles. The summed E-state index contributed by atoms with van der Waals surface area (Å²) < 4.78 is 11.3. The fourth-order valence-corrected chi connectivity index (χ4v) is 4.86.